The number of aryl methyl sites for hydroxylation is 1. The Morgan fingerprint density at radius 1 is 0.880 bits per heavy atom. The largest absolute Gasteiger partial charge is 0.373 e. The number of hydrogen-bond acceptors (Lipinski definition) is 3. The van der Waals surface area contributed by atoms with Gasteiger partial charge in [0.1, 0.15) is 0 Å². The molecule has 0 atom stereocenters. The predicted molar refractivity (Wildman–Crippen MR) is 103 cm³/mol. The van der Waals surface area contributed by atoms with Gasteiger partial charge in [-0.15, -0.1) is 0 Å². The third kappa shape index (κ3) is 11.0. The average Bonchev–Trinajstić information content (AvgIpc) is 2.64. The normalized spacial score (nSPS) is 10.8. The van der Waals surface area contributed by atoms with Crippen LogP contribution in [0.15, 0.2) is 24.3 Å². The number of unbranched alkanes of at least 4 members (excludes halogenated alkanes) is 9. The van der Waals surface area contributed by atoms with Gasteiger partial charge in [-0.25, -0.2) is 4.79 Å². The van der Waals surface area contributed by atoms with E-state index >= 15 is 0 Å². The Hall–Kier alpha value is -1.35. The van der Waals surface area contributed by atoms with E-state index in [1.54, 1.807) is 0 Å². The molecule has 0 aliphatic carbocycles. The number of hydrogen-bond donors (Lipinski definition) is 0. The fraction of sp³-hybridized carbons (Fsp3) is 0.636. The van der Waals surface area contributed by atoms with Gasteiger partial charge in [-0.05, 0) is 37.0 Å². The Labute approximate surface area is 154 Å². The van der Waals surface area contributed by atoms with Crippen molar-refractivity contribution in [1.29, 1.82) is 0 Å². The van der Waals surface area contributed by atoms with E-state index in [2.05, 4.69) is 13.8 Å². The summed E-state index contributed by atoms with van der Waals surface area (Å²) in [5.41, 5.74) is 1.82. The van der Waals surface area contributed by atoms with E-state index in [-0.39, 0.29) is 0 Å². The second-order valence-electron chi connectivity index (χ2n) is 6.68. The molecule has 0 saturated heterocycles. The Morgan fingerprint density at radius 3 is 2.20 bits per heavy atom. The number of carbonyl (C=O) groups is 1. The summed E-state index contributed by atoms with van der Waals surface area (Å²) in [4.78, 5) is 21.8. The van der Waals surface area contributed by atoms with E-state index < -0.39 is 5.97 Å². The van der Waals surface area contributed by atoms with Crippen LogP contribution in [-0.4, -0.2) is 12.6 Å². The molecule has 25 heavy (non-hydrogen) atoms. The van der Waals surface area contributed by atoms with E-state index in [0.29, 0.717) is 12.2 Å². The summed E-state index contributed by atoms with van der Waals surface area (Å²) < 4.78 is 0. The molecule has 1 rings (SSSR count). The summed E-state index contributed by atoms with van der Waals surface area (Å²) in [6.45, 7) is 6.53. The van der Waals surface area contributed by atoms with E-state index in [0.717, 1.165) is 25.7 Å². The van der Waals surface area contributed by atoms with Crippen molar-refractivity contribution in [2.45, 2.75) is 84.0 Å². The van der Waals surface area contributed by atoms with Crippen molar-refractivity contribution in [3.05, 3.63) is 42.3 Å². The molecule has 141 valence electrons. The SMILES string of the molecule is [CH2]CCCCCCCCOOC(=O)c1ccc(CCCCCC)cc1. The summed E-state index contributed by atoms with van der Waals surface area (Å²) in [5, 5.41) is 0. The maximum absolute atomic E-state index is 11.9. The topological polar surface area (TPSA) is 35.5 Å². The predicted octanol–water partition coefficient (Wildman–Crippen LogP) is 6.46. The van der Waals surface area contributed by atoms with Gasteiger partial charge in [-0.2, -0.15) is 4.89 Å². The van der Waals surface area contributed by atoms with Crippen LogP contribution in [0.4, 0.5) is 0 Å². The van der Waals surface area contributed by atoms with Crippen molar-refractivity contribution in [3.8, 4) is 0 Å². The molecule has 0 N–H and O–H groups in total. The summed E-state index contributed by atoms with van der Waals surface area (Å²) in [6.07, 6.45) is 14.1. The van der Waals surface area contributed by atoms with Gasteiger partial charge >= 0.3 is 5.97 Å². The van der Waals surface area contributed by atoms with Crippen LogP contribution in [0.3, 0.4) is 0 Å². The highest BCUT2D eigenvalue weighted by Crippen LogP contribution is 2.11. The Bertz CT molecular complexity index is 439. The Kier molecular flexibility index (Phi) is 13.0. The van der Waals surface area contributed by atoms with Gasteiger partial charge in [0.2, 0.25) is 0 Å². The molecular weight excluding hydrogens is 312 g/mol. The lowest BCUT2D eigenvalue weighted by Gasteiger charge is -2.05. The molecule has 3 heteroatoms. The van der Waals surface area contributed by atoms with Gasteiger partial charge in [0.15, 0.2) is 0 Å². The average molecular weight is 348 g/mol. The third-order valence-electron chi connectivity index (χ3n) is 4.37. The van der Waals surface area contributed by atoms with Crippen LogP contribution in [0.5, 0.6) is 0 Å². The second kappa shape index (κ2) is 14.9. The standard InChI is InChI=1S/C22H35O3/c1-3-5-7-9-10-11-13-19-24-25-22(23)21-17-15-20(16-18-21)14-12-8-6-4-2/h15-18H,1,3-14,19H2,2H3. The molecule has 0 spiro atoms. The van der Waals surface area contributed by atoms with Gasteiger partial charge in [0, 0.05) is 0 Å². The molecule has 1 aromatic carbocycles. The van der Waals surface area contributed by atoms with E-state index in [1.165, 1.54) is 56.9 Å². The van der Waals surface area contributed by atoms with Crippen LogP contribution in [-0.2, 0) is 16.2 Å². The van der Waals surface area contributed by atoms with Gasteiger partial charge in [-0.1, -0.05) is 83.8 Å². The highest BCUT2D eigenvalue weighted by molar-refractivity contribution is 5.88. The maximum atomic E-state index is 11.9. The summed E-state index contributed by atoms with van der Waals surface area (Å²) >= 11 is 0. The monoisotopic (exact) mass is 347 g/mol. The second-order valence-corrected chi connectivity index (χ2v) is 6.68. The molecule has 1 radical (unpaired) electrons. The Balaban J connectivity index is 2.10. The molecule has 0 bridgehead atoms. The van der Waals surface area contributed by atoms with Crippen molar-refractivity contribution in [3.63, 3.8) is 0 Å². The molecule has 0 heterocycles. The van der Waals surface area contributed by atoms with Gasteiger partial charge < -0.3 is 0 Å². The fourth-order valence-electron chi connectivity index (χ4n) is 2.75. The van der Waals surface area contributed by atoms with Gasteiger partial charge in [0.05, 0.1) is 12.2 Å². The first-order valence-electron chi connectivity index (χ1n) is 10.00. The summed E-state index contributed by atoms with van der Waals surface area (Å²) in [5.74, 6) is -0.409. The molecule has 0 saturated carbocycles. The van der Waals surface area contributed by atoms with Crippen molar-refractivity contribution >= 4 is 5.97 Å². The van der Waals surface area contributed by atoms with Crippen molar-refractivity contribution in [1.82, 2.24) is 0 Å². The van der Waals surface area contributed by atoms with Crippen LogP contribution in [0, 0.1) is 6.92 Å². The quantitative estimate of drug-likeness (QED) is 0.207. The lowest BCUT2D eigenvalue weighted by atomic mass is 10.0. The number of benzene rings is 1. The zero-order valence-electron chi connectivity index (χ0n) is 15.9. The van der Waals surface area contributed by atoms with Crippen molar-refractivity contribution in [2.24, 2.45) is 0 Å². The highest BCUT2D eigenvalue weighted by Gasteiger charge is 2.08. The first-order valence-corrected chi connectivity index (χ1v) is 10.00. The zero-order chi connectivity index (χ0) is 18.2. The van der Waals surface area contributed by atoms with E-state index in [9.17, 15) is 4.79 Å². The molecule has 0 amide bonds. The van der Waals surface area contributed by atoms with Crippen LogP contribution in [0.2, 0.25) is 0 Å². The van der Waals surface area contributed by atoms with Gasteiger partial charge in [0.25, 0.3) is 0 Å². The van der Waals surface area contributed by atoms with Crippen LogP contribution >= 0.6 is 0 Å². The van der Waals surface area contributed by atoms with Crippen LogP contribution < -0.4 is 0 Å². The minimum Gasteiger partial charge on any atom is -0.293 e. The smallest absolute Gasteiger partial charge is 0.293 e. The molecule has 0 aliphatic heterocycles. The first kappa shape index (κ1) is 21.7. The molecule has 3 nitrogen and oxygen atoms in total. The van der Waals surface area contributed by atoms with E-state index in [4.69, 9.17) is 9.78 Å². The molecule has 0 unspecified atom stereocenters. The summed E-state index contributed by atoms with van der Waals surface area (Å²) in [6, 6.07) is 7.66. The molecule has 0 fully saturated rings. The lowest BCUT2D eigenvalue weighted by molar-refractivity contribution is -0.241. The minimum absolute atomic E-state index is 0.409. The Morgan fingerprint density at radius 2 is 1.52 bits per heavy atom. The minimum atomic E-state index is -0.409. The van der Waals surface area contributed by atoms with Crippen LogP contribution in [0.1, 0.15) is 93.5 Å². The number of rotatable bonds is 15. The molecule has 0 aliphatic rings. The highest BCUT2D eigenvalue weighted by atomic mass is 17.2. The third-order valence-corrected chi connectivity index (χ3v) is 4.37. The van der Waals surface area contributed by atoms with Crippen LogP contribution in [0.25, 0.3) is 0 Å². The molecular formula is C22H35O3. The van der Waals surface area contributed by atoms with E-state index in [1.807, 2.05) is 24.3 Å². The van der Waals surface area contributed by atoms with Crippen molar-refractivity contribution < 1.29 is 14.6 Å². The number of carbonyl (C=O) groups excluding carboxylic acids is 1. The van der Waals surface area contributed by atoms with Crippen molar-refractivity contribution in [2.75, 3.05) is 6.61 Å². The first-order chi connectivity index (χ1) is 12.3. The summed E-state index contributed by atoms with van der Waals surface area (Å²) in [7, 11) is 0. The lowest BCUT2D eigenvalue weighted by Crippen LogP contribution is -2.07. The maximum Gasteiger partial charge on any atom is 0.373 e. The van der Waals surface area contributed by atoms with Gasteiger partial charge in [-0.3, -0.25) is 4.89 Å². The molecule has 1 aromatic rings. The molecule has 0 aromatic heterocycles. The zero-order valence-corrected chi connectivity index (χ0v) is 15.9. The fourth-order valence-corrected chi connectivity index (χ4v) is 2.75.